The summed E-state index contributed by atoms with van der Waals surface area (Å²) in [6.07, 6.45) is 7.07. The number of esters is 1. The number of nitrogens with zero attached hydrogens (tertiary/aromatic N) is 3. The number of halogens is 2. The number of nitrogen functional groups attached to an aromatic ring is 1. The van der Waals surface area contributed by atoms with E-state index >= 15 is 0 Å². The molecule has 3 aromatic rings. The van der Waals surface area contributed by atoms with Crippen molar-refractivity contribution in [3.8, 4) is 0 Å². The largest absolute Gasteiger partial charge is 0.469 e. The van der Waals surface area contributed by atoms with Crippen molar-refractivity contribution in [2.75, 3.05) is 18.2 Å². The first kappa shape index (κ1) is 29.9. The van der Waals surface area contributed by atoms with Gasteiger partial charge in [0.05, 0.1) is 38.1 Å². The lowest BCUT2D eigenvalue weighted by Crippen LogP contribution is -2.44. The van der Waals surface area contributed by atoms with Gasteiger partial charge in [0.15, 0.2) is 5.82 Å². The fourth-order valence-corrected chi connectivity index (χ4v) is 3.42. The number of benzene rings is 1. The van der Waals surface area contributed by atoms with E-state index in [0.717, 1.165) is 18.2 Å². The molecule has 2 aromatic heterocycles. The number of methoxy groups -OCH3 is 1. The molecular weight excluding hydrogens is 500 g/mol. The summed E-state index contributed by atoms with van der Waals surface area (Å²) in [5.74, 6) is -2.14. The van der Waals surface area contributed by atoms with Crippen LogP contribution in [0.2, 0.25) is 0 Å². The highest BCUT2D eigenvalue weighted by Crippen LogP contribution is 2.22. The third-order valence-corrected chi connectivity index (χ3v) is 5.37. The number of carbonyl (C=O) groups is 3. The van der Waals surface area contributed by atoms with Gasteiger partial charge in [-0.1, -0.05) is 13.3 Å². The minimum Gasteiger partial charge on any atom is -0.469 e. The molecule has 38 heavy (non-hydrogen) atoms. The Hall–Kier alpha value is -4.29. The maximum absolute atomic E-state index is 13.3. The van der Waals surface area contributed by atoms with E-state index in [9.17, 15) is 23.2 Å². The number of anilines is 2. The number of rotatable bonds is 10. The zero-order valence-electron chi connectivity index (χ0n) is 21.8. The van der Waals surface area contributed by atoms with Crippen LogP contribution in [0.1, 0.15) is 45.6 Å². The molecular formula is C25H33F2N7O4. The molecule has 0 aliphatic heterocycles. The molecule has 0 radical (unpaired) electrons. The van der Waals surface area contributed by atoms with Gasteiger partial charge < -0.3 is 30.7 Å². The minimum absolute atomic E-state index is 0.114. The quantitative estimate of drug-likeness (QED) is 0.292. The first-order valence-electron chi connectivity index (χ1n) is 11.8. The molecule has 5 N–H and O–H groups in total. The van der Waals surface area contributed by atoms with Gasteiger partial charge in [-0.25, -0.2) is 18.7 Å². The first-order valence-corrected chi connectivity index (χ1v) is 11.8. The molecule has 11 nitrogen and oxygen atoms in total. The highest BCUT2D eigenvalue weighted by molar-refractivity contribution is 5.96. The second-order valence-electron chi connectivity index (χ2n) is 9.08. The van der Waals surface area contributed by atoms with Gasteiger partial charge in [-0.2, -0.15) is 0 Å². The highest BCUT2D eigenvalue weighted by Gasteiger charge is 2.26. The van der Waals surface area contributed by atoms with Gasteiger partial charge in [-0.15, -0.1) is 0 Å². The average molecular weight is 534 g/mol. The average Bonchev–Trinajstić information content (AvgIpc) is 3.50. The number of aromatic amines is 1. The molecule has 0 saturated carbocycles. The van der Waals surface area contributed by atoms with Crippen LogP contribution < -0.4 is 16.4 Å². The van der Waals surface area contributed by atoms with Crippen LogP contribution in [0.15, 0.2) is 43.2 Å². The number of carbonyl (C=O) groups excluding carboxylic acids is 3. The summed E-state index contributed by atoms with van der Waals surface area (Å²) < 4.78 is 33.1. The molecule has 1 unspecified atom stereocenters. The Morgan fingerprint density at radius 3 is 2.39 bits per heavy atom. The molecule has 0 saturated heterocycles. The van der Waals surface area contributed by atoms with E-state index in [-0.39, 0.29) is 30.2 Å². The van der Waals surface area contributed by atoms with Gasteiger partial charge in [0, 0.05) is 18.5 Å². The third-order valence-electron chi connectivity index (χ3n) is 5.37. The van der Waals surface area contributed by atoms with Gasteiger partial charge in [0.1, 0.15) is 23.5 Å². The summed E-state index contributed by atoms with van der Waals surface area (Å²) in [6.45, 7) is 5.51. The van der Waals surface area contributed by atoms with Crippen LogP contribution in [0.4, 0.5) is 20.4 Å². The molecule has 1 aromatic carbocycles. The fraction of sp³-hybridized carbons (Fsp3) is 0.400. The number of nitrogens with two attached hydrogens (primary N) is 1. The SMILES string of the molecule is CCCC(NC(=O)Cc1cc(F)cc(F)c1)C(=O)Nc1cn(C(C)(C)CC(=O)OC)cn1.Nc1c[nH]cn1. The Morgan fingerprint density at radius 1 is 1.18 bits per heavy atom. The number of aromatic nitrogens is 4. The molecule has 0 aliphatic carbocycles. The van der Waals surface area contributed by atoms with Crippen molar-refractivity contribution < 1.29 is 27.9 Å². The summed E-state index contributed by atoms with van der Waals surface area (Å²) in [5.41, 5.74) is 4.68. The van der Waals surface area contributed by atoms with Gasteiger partial charge in [-0.3, -0.25) is 14.4 Å². The summed E-state index contributed by atoms with van der Waals surface area (Å²) in [6, 6.07) is 2.01. The molecule has 206 valence electrons. The zero-order valence-corrected chi connectivity index (χ0v) is 21.8. The van der Waals surface area contributed by atoms with E-state index in [1.807, 2.05) is 20.8 Å². The first-order chi connectivity index (χ1) is 17.9. The van der Waals surface area contributed by atoms with E-state index in [1.54, 1.807) is 17.0 Å². The van der Waals surface area contributed by atoms with Crippen LogP contribution in [-0.4, -0.2) is 50.5 Å². The lowest BCUT2D eigenvalue weighted by atomic mass is 10.0. The van der Waals surface area contributed by atoms with Crippen LogP contribution in [0, 0.1) is 11.6 Å². The summed E-state index contributed by atoms with van der Waals surface area (Å²) in [7, 11) is 1.31. The maximum atomic E-state index is 13.3. The van der Waals surface area contributed by atoms with Crippen molar-refractivity contribution in [3.05, 3.63) is 60.4 Å². The summed E-state index contributed by atoms with van der Waals surface area (Å²) in [4.78, 5) is 47.1. The number of nitrogens with one attached hydrogen (secondary N) is 3. The van der Waals surface area contributed by atoms with E-state index < -0.39 is 35.0 Å². The fourth-order valence-electron chi connectivity index (χ4n) is 3.42. The summed E-state index contributed by atoms with van der Waals surface area (Å²) in [5, 5.41) is 5.26. The number of hydrogen-bond acceptors (Lipinski definition) is 7. The van der Waals surface area contributed by atoms with E-state index in [0.29, 0.717) is 18.7 Å². The third kappa shape index (κ3) is 9.64. The van der Waals surface area contributed by atoms with Crippen LogP contribution in [-0.2, 0) is 31.1 Å². The number of amides is 2. The topological polar surface area (TPSA) is 157 Å². The maximum Gasteiger partial charge on any atom is 0.307 e. The monoisotopic (exact) mass is 533 g/mol. The second-order valence-corrected chi connectivity index (χ2v) is 9.08. The van der Waals surface area contributed by atoms with E-state index in [1.165, 1.54) is 19.8 Å². The van der Waals surface area contributed by atoms with Crippen LogP contribution in [0.3, 0.4) is 0 Å². The van der Waals surface area contributed by atoms with Gasteiger partial charge >= 0.3 is 5.97 Å². The van der Waals surface area contributed by atoms with E-state index in [4.69, 9.17) is 10.5 Å². The van der Waals surface area contributed by atoms with Crippen molar-refractivity contribution in [1.29, 1.82) is 0 Å². The van der Waals surface area contributed by atoms with Gasteiger partial charge in [-0.05, 0) is 38.0 Å². The zero-order chi connectivity index (χ0) is 28.3. The van der Waals surface area contributed by atoms with Crippen LogP contribution >= 0.6 is 0 Å². The standard InChI is InChI=1S/C22H28F2N4O4.C3H5N3/c1-5-6-17(26-19(29)9-14-7-15(23)10-16(24)8-14)21(31)27-18-12-28(13-25-18)22(2,3)11-20(30)32-4;4-3-1-5-2-6-3/h7-8,10,12-13,17H,5-6,9,11H2,1-4H3,(H,26,29)(H,27,31);1-2H,4H2,(H,5,6). The Labute approximate surface area is 219 Å². The molecule has 3 rings (SSSR count). The minimum atomic E-state index is -0.848. The van der Waals surface area contributed by atoms with Crippen molar-refractivity contribution in [2.24, 2.45) is 0 Å². The number of hydrogen-bond donors (Lipinski definition) is 4. The van der Waals surface area contributed by atoms with Crippen molar-refractivity contribution in [1.82, 2.24) is 24.8 Å². The van der Waals surface area contributed by atoms with E-state index in [2.05, 4.69) is 25.6 Å². The predicted molar refractivity (Wildman–Crippen MR) is 137 cm³/mol. The second kappa shape index (κ2) is 13.9. The van der Waals surface area contributed by atoms with Gasteiger partial charge in [0.25, 0.3) is 0 Å². The highest BCUT2D eigenvalue weighted by atomic mass is 19.1. The molecule has 2 heterocycles. The Balaban J connectivity index is 0.000000739. The smallest absolute Gasteiger partial charge is 0.307 e. The lowest BCUT2D eigenvalue weighted by Gasteiger charge is -2.24. The van der Waals surface area contributed by atoms with Crippen molar-refractivity contribution in [3.63, 3.8) is 0 Å². The Kier molecular flexibility index (Phi) is 10.9. The van der Waals surface area contributed by atoms with Gasteiger partial charge in [0.2, 0.25) is 11.8 Å². The summed E-state index contributed by atoms with van der Waals surface area (Å²) >= 11 is 0. The molecule has 1 atom stereocenters. The number of imidazole rings is 2. The molecule has 0 bridgehead atoms. The molecule has 0 fully saturated rings. The molecule has 0 spiro atoms. The molecule has 13 heteroatoms. The Bertz CT molecular complexity index is 1190. The normalized spacial score (nSPS) is 11.6. The molecule has 0 aliphatic rings. The Morgan fingerprint density at radius 2 is 1.87 bits per heavy atom. The molecule has 2 amide bonds. The predicted octanol–water partition coefficient (Wildman–Crippen LogP) is 2.92. The van der Waals surface area contributed by atoms with Crippen molar-refractivity contribution >= 4 is 29.4 Å². The van der Waals surface area contributed by atoms with Crippen molar-refractivity contribution in [2.45, 2.75) is 58.0 Å². The number of H-pyrrole nitrogens is 1. The number of ether oxygens (including phenoxy) is 1. The lowest BCUT2D eigenvalue weighted by molar-refractivity contribution is -0.142. The van der Waals surface area contributed by atoms with Crippen LogP contribution in [0.25, 0.3) is 0 Å². The van der Waals surface area contributed by atoms with Crippen LogP contribution in [0.5, 0.6) is 0 Å².